The zero-order valence-electron chi connectivity index (χ0n) is 23.1. The average Bonchev–Trinajstić information content (AvgIpc) is 3.19. The fourth-order valence-electron chi connectivity index (χ4n) is 5.32. The van der Waals surface area contributed by atoms with Gasteiger partial charge in [0.25, 0.3) is 0 Å². The molecular formula is C35H40O2. The third kappa shape index (κ3) is 5.07. The van der Waals surface area contributed by atoms with Gasteiger partial charge >= 0.3 is 5.97 Å². The van der Waals surface area contributed by atoms with Gasteiger partial charge in [0.15, 0.2) is 5.60 Å². The summed E-state index contributed by atoms with van der Waals surface area (Å²) < 4.78 is 6.18. The summed E-state index contributed by atoms with van der Waals surface area (Å²) in [7, 11) is 0. The molecule has 0 N–H and O–H groups in total. The van der Waals surface area contributed by atoms with Gasteiger partial charge in [-0.2, -0.15) is 0 Å². The Balaban J connectivity index is 0.000000193. The molecule has 0 aliphatic heterocycles. The van der Waals surface area contributed by atoms with Crippen LogP contribution in [0.1, 0.15) is 88.5 Å². The average molecular weight is 493 g/mol. The minimum Gasteiger partial charge on any atom is -0.449 e. The van der Waals surface area contributed by atoms with Crippen LogP contribution in [0.15, 0.2) is 97.1 Å². The van der Waals surface area contributed by atoms with Gasteiger partial charge in [0, 0.05) is 11.1 Å². The normalized spacial score (nSPS) is 16.7. The van der Waals surface area contributed by atoms with Crippen molar-refractivity contribution in [2.24, 2.45) is 5.41 Å². The molecule has 0 heterocycles. The van der Waals surface area contributed by atoms with Crippen LogP contribution in [-0.2, 0) is 15.1 Å². The maximum absolute atomic E-state index is 12.8. The molecule has 4 aromatic carbocycles. The molecule has 0 bridgehead atoms. The number of carbonyl (C=O) groups excluding carboxylic acids is 1. The van der Waals surface area contributed by atoms with Crippen molar-refractivity contribution in [2.75, 3.05) is 0 Å². The van der Waals surface area contributed by atoms with E-state index in [0.717, 1.165) is 17.5 Å². The highest BCUT2D eigenvalue weighted by atomic mass is 16.6. The van der Waals surface area contributed by atoms with Crippen molar-refractivity contribution < 1.29 is 9.53 Å². The summed E-state index contributed by atoms with van der Waals surface area (Å²) in [6.45, 7) is 12.6. The van der Waals surface area contributed by atoms with Gasteiger partial charge in [0.05, 0.1) is 5.41 Å². The van der Waals surface area contributed by atoms with E-state index >= 15 is 0 Å². The summed E-state index contributed by atoms with van der Waals surface area (Å²) >= 11 is 0. The molecular weight excluding hydrogens is 452 g/mol. The number of rotatable bonds is 6. The second-order valence-corrected chi connectivity index (χ2v) is 10.9. The van der Waals surface area contributed by atoms with Gasteiger partial charge in [-0.25, -0.2) is 0 Å². The first-order valence-electron chi connectivity index (χ1n) is 13.6. The number of hydrogen-bond acceptors (Lipinski definition) is 2. The summed E-state index contributed by atoms with van der Waals surface area (Å²) in [4.78, 5) is 12.8. The van der Waals surface area contributed by atoms with Gasteiger partial charge < -0.3 is 4.74 Å². The smallest absolute Gasteiger partial charge is 0.312 e. The van der Waals surface area contributed by atoms with E-state index in [-0.39, 0.29) is 5.97 Å². The van der Waals surface area contributed by atoms with Crippen LogP contribution < -0.4 is 0 Å². The van der Waals surface area contributed by atoms with Crippen LogP contribution in [0.4, 0.5) is 0 Å². The topological polar surface area (TPSA) is 26.3 Å². The van der Waals surface area contributed by atoms with Gasteiger partial charge in [-0.3, -0.25) is 4.79 Å². The van der Waals surface area contributed by atoms with E-state index in [4.69, 9.17) is 4.74 Å². The van der Waals surface area contributed by atoms with Crippen molar-refractivity contribution in [1.29, 1.82) is 0 Å². The van der Waals surface area contributed by atoms with E-state index in [2.05, 4.69) is 57.2 Å². The molecule has 1 aliphatic rings. The summed E-state index contributed by atoms with van der Waals surface area (Å²) in [5.74, 6) is 1.20. The third-order valence-corrected chi connectivity index (χ3v) is 8.38. The van der Waals surface area contributed by atoms with E-state index in [1.165, 1.54) is 21.9 Å². The van der Waals surface area contributed by atoms with Gasteiger partial charge in [-0.05, 0) is 60.4 Å². The van der Waals surface area contributed by atoms with E-state index in [0.29, 0.717) is 18.3 Å². The number of benzene rings is 4. The zero-order valence-corrected chi connectivity index (χ0v) is 23.1. The van der Waals surface area contributed by atoms with E-state index in [1.807, 2.05) is 81.4 Å². The molecule has 0 fully saturated rings. The Morgan fingerprint density at radius 1 is 0.676 bits per heavy atom. The van der Waals surface area contributed by atoms with Gasteiger partial charge in [-0.1, -0.05) is 125 Å². The molecule has 2 nitrogen and oxygen atoms in total. The monoisotopic (exact) mass is 492 g/mol. The Bertz CT molecular complexity index is 1260. The zero-order chi connectivity index (χ0) is 26.6. The van der Waals surface area contributed by atoms with Crippen LogP contribution in [0.5, 0.6) is 0 Å². The molecule has 0 radical (unpaired) electrons. The highest BCUT2D eigenvalue weighted by Gasteiger charge is 2.40. The summed E-state index contributed by atoms with van der Waals surface area (Å²) in [5, 5.41) is 2.91. The lowest BCUT2D eigenvalue weighted by molar-refractivity contribution is -0.168. The first kappa shape index (κ1) is 26.7. The molecule has 4 aromatic rings. The molecule has 0 aromatic heterocycles. The third-order valence-electron chi connectivity index (χ3n) is 8.38. The van der Waals surface area contributed by atoms with Crippen LogP contribution in [0.25, 0.3) is 10.8 Å². The summed E-state index contributed by atoms with van der Waals surface area (Å²) in [5.41, 5.74) is 3.84. The predicted molar refractivity (Wildman–Crippen MR) is 155 cm³/mol. The van der Waals surface area contributed by atoms with Crippen LogP contribution in [-0.4, -0.2) is 5.97 Å². The van der Waals surface area contributed by atoms with Crippen molar-refractivity contribution in [1.82, 2.24) is 0 Å². The Hall–Kier alpha value is -3.39. The van der Waals surface area contributed by atoms with E-state index in [9.17, 15) is 4.79 Å². The second kappa shape index (κ2) is 10.9. The van der Waals surface area contributed by atoms with Crippen molar-refractivity contribution in [3.63, 3.8) is 0 Å². The lowest BCUT2D eigenvalue weighted by Gasteiger charge is -2.36. The molecule has 0 spiro atoms. The predicted octanol–water partition coefficient (Wildman–Crippen LogP) is 9.38. The minimum atomic E-state index is -0.744. The Morgan fingerprint density at radius 3 is 1.54 bits per heavy atom. The van der Waals surface area contributed by atoms with Gasteiger partial charge in [0.1, 0.15) is 0 Å². The summed E-state index contributed by atoms with van der Waals surface area (Å²) in [6, 6.07) is 33.4. The first-order valence-corrected chi connectivity index (χ1v) is 13.6. The van der Waals surface area contributed by atoms with E-state index in [1.54, 1.807) is 0 Å². The minimum absolute atomic E-state index is 0.158. The maximum atomic E-state index is 12.8. The lowest BCUT2D eigenvalue weighted by Crippen LogP contribution is -2.38. The number of hydrogen-bond donors (Lipinski definition) is 0. The van der Waals surface area contributed by atoms with Crippen LogP contribution in [0.2, 0.25) is 0 Å². The Kier molecular flexibility index (Phi) is 7.87. The highest BCUT2D eigenvalue weighted by Crippen LogP contribution is 2.46. The highest BCUT2D eigenvalue weighted by molar-refractivity contribution is 5.92. The maximum Gasteiger partial charge on any atom is 0.312 e. The van der Waals surface area contributed by atoms with Crippen LogP contribution in [0, 0.1) is 5.41 Å². The summed E-state index contributed by atoms with van der Waals surface area (Å²) in [6.07, 6.45) is 1.43. The van der Waals surface area contributed by atoms with Crippen molar-refractivity contribution in [3.8, 4) is 0 Å². The van der Waals surface area contributed by atoms with Crippen molar-refractivity contribution in [3.05, 3.63) is 119 Å². The van der Waals surface area contributed by atoms with Crippen LogP contribution in [0.3, 0.4) is 0 Å². The fourth-order valence-corrected chi connectivity index (χ4v) is 5.32. The Morgan fingerprint density at radius 2 is 1.14 bits per heavy atom. The standard InChI is InChI=1S/C21H26O2.C14H14/c1-5-20(3,4)19(22)23-21(6-2,17-13-9-7-10-14-17)18-15-11-8-12-16-18;1-9-10(2)13-8-4-6-11-5-3-7-12(9)14(11)13/h7-16H,5-6H2,1-4H3;3-10H,1-2H3. The van der Waals surface area contributed by atoms with E-state index < -0.39 is 11.0 Å². The molecule has 1 aliphatic carbocycles. The van der Waals surface area contributed by atoms with Gasteiger partial charge in [-0.15, -0.1) is 0 Å². The molecule has 2 heteroatoms. The number of carbonyl (C=O) groups is 1. The molecule has 2 atom stereocenters. The molecule has 37 heavy (non-hydrogen) atoms. The Labute approximate surface area is 222 Å². The molecule has 5 rings (SSSR count). The van der Waals surface area contributed by atoms with Crippen molar-refractivity contribution in [2.45, 2.75) is 71.8 Å². The molecule has 0 saturated carbocycles. The fraction of sp³-hybridized carbons (Fsp3) is 0.343. The molecule has 2 unspecified atom stereocenters. The lowest BCUT2D eigenvalue weighted by atomic mass is 9.82. The van der Waals surface area contributed by atoms with Crippen molar-refractivity contribution >= 4 is 16.7 Å². The quantitative estimate of drug-likeness (QED) is 0.251. The molecule has 0 saturated heterocycles. The largest absolute Gasteiger partial charge is 0.449 e. The molecule has 192 valence electrons. The number of ether oxygens (including phenoxy) is 1. The number of esters is 1. The first-order chi connectivity index (χ1) is 17.7. The molecule has 0 amide bonds. The van der Waals surface area contributed by atoms with Gasteiger partial charge in [0.2, 0.25) is 0 Å². The SMILES string of the molecule is CC1c2cccc3cccc(c23)C1C.CCC(C)(C)C(=O)OC(CC)(c1ccccc1)c1ccccc1. The van der Waals surface area contributed by atoms with Crippen LogP contribution >= 0.6 is 0 Å². The second-order valence-electron chi connectivity index (χ2n) is 10.9.